The smallest absolute Gasteiger partial charge is 0.242 e. The lowest BCUT2D eigenvalue weighted by molar-refractivity contribution is -0.126. The zero-order valence-corrected chi connectivity index (χ0v) is 16.2. The molecule has 5 heterocycles. The number of nitrogens with one attached hydrogen (secondary N) is 2. The van der Waals surface area contributed by atoms with Gasteiger partial charge in [0.15, 0.2) is 11.5 Å². The molecule has 0 bridgehead atoms. The van der Waals surface area contributed by atoms with Crippen LogP contribution in [0.3, 0.4) is 0 Å². The van der Waals surface area contributed by atoms with Crippen LogP contribution in [0.15, 0.2) is 36.9 Å². The Balaban J connectivity index is 1.69. The minimum atomic E-state index is -1.12. The normalized spacial score (nSPS) is 20.0. The number of nitrogens with zero attached hydrogens (tertiary/aromatic N) is 6. The molecule has 1 atom stereocenters. The molecule has 30 heavy (non-hydrogen) atoms. The third kappa shape index (κ3) is 1.87. The molecule has 1 spiro atoms. The molecule has 10 nitrogen and oxygen atoms in total. The number of carbonyl (C=O) groups excluding carboxylic acids is 2. The van der Waals surface area contributed by atoms with Crippen LogP contribution in [0.25, 0.3) is 17.0 Å². The Hall–Kier alpha value is -4.08. The van der Waals surface area contributed by atoms with Gasteiger partial charge in [0.2, 0.25) is 11.8 Å². The van der Waals surface area contributed by atoms with Crippen LogP contribution in [-0.2, 0) is 15.0 Å². The van der Waals surface area contributed by atoms with Gasteiger partial charge in [-0.2, -0.15) is 9.78 Å². The number of hydrogen-bond acceptors (Lipinski definition) is 6. The zero-order chi connectivity index (χ0) is 20.6. The SMILES string of the molecule is Cc1nn(-c2ncnc3nc[nH]c23)c2c1C1(CC(=O)N2)C(=O)N(C)c2ccccc21. The van der Waals surface area contributed by atoms with Crippen molar-refractivity contribution >= 4 is 34.5 Å². The molecule has 10 heteroatoms. The Morgan fingerprint density at radius 2 is 1.97 bits per heavy atom. The molecule has 0 saturated carbocycles. The lowest BCUT2D eigenvalue weighted by Gasteiger charge is -2.32. The molecule has 1 aromatic carbocycles. The van der Waals surface area contributed by atoms with Crippen LogP contribution in [0.4, 0.5) is 11.5 Å². The third-order valence-electron chi connectivity index (χ3n) is 5.97. The topological polar surface area (TPSA) is 122 Å². The Bertz CT molecular complexity index is 1390. The Morgan fingerprint density at radius 3 is 2.83 bits per heavy atom. The predicted molar refractivity (Wildman–Crippen MR) is 107 cm³/mol. The maximum atomic E-state index is 13.6. The van der Waals surface area contributed by atoms with Crippen molar-refractivity contribution in [2.45, 2.75) is 18.8 Å². The number of likely N-dealkylation sites (N-methyl/N-ethyl adjacent to an activating group) is 1. The fraction of sp³-hybridized carbons (Fsp3) is 0.200. The van der Waals surface area contributed by atoms with Crippen LogP contribution in [0.2, 0.25) is 0 Å². The summed E-state index contributed by atoms with van der Waals surface area (Å²) in [6, 6.07) is 7.58. The Labute approximate surface area is 170 Å². The number of imidazole rings is 1. The first kappa shape index (κ1) is 16.8. The van der Waals surface area contributed by atoms with E-state index in [0.717, 1.165) is 11.3 Å². The number of hydrogen-bond donors (Lipinski definition) is 2. The zero-order valence-electron chi connectivity index (χ0n) is 16.2. The highest BCUT2D eigenvalue weighted by Crippen LogP contribution is 2.53. The number of aromatic nitrogens is 6. The molecular weight excluding hydrogens is 384 g/mol. The van der Waals surface area contributed by atoms with E-state index in [-0.39, 0.29) is 18.2 Å². The summed E-state index contributed by atoms with van der Waals surface area (Å²) < 4.78 is 1.56. The van der Waals surface area contributed by atoms with Gasteiger partial charge in [-0.15, -0.1) is 0 Å². The Morgan fingerprint density at radius 1 is 1.13 bits per heavy atom. The quantitative estimate of drug-likeness (QED) is 0.499. The minimum absolute atomic E-state index is 0.0238. The molecule has 2 N–H and O–H groups in total. The number of para-hydroxylation sites is 1. The summed E-state index contributed by atoms with van der Waals surface area (Å²) in [4.78, 5) is 43.8. The van der Waals surface area contributed by atoms with Crippen LogP contribution in [0, 0.1) is 6.92 Å². The fourth-order valence-corrected chi connectivity index (χ4v) is 4.78. The first-order valence-electron chi connectivity index (χ1n) is 9.44. The van der Waals surface area contributed by atoms with Crippen LogP contribution in [-0.4, -0.2) is 48.6 Å². The third-order valence-corrected chi connectivity index (χ3v) is 5.97. The van der Waals surface area contributed by atoms with E-state index in [2.05, 4.69) is 30.4 Å². The van der Waals surface area contributed by atoms with Crippen molar-refractivity contribution < 1.29 is 9.59 Å². The first-order valence-corrected chi connectivity index (χ1v) is 9.44. The van der Waals surface area contributed by atoms with Crippen molar-refractivity contribution in [1.29, 1.82) is 0 Å². The van der Waals surface area contributed by atoms with Crippen LogP contribution < -0.4 is 10.2 Å². The van der Waals surface area contributed by atoms with Gasteiger partial charge in [-0.3, -0.25) is 9.59 Å². The van der Waals surface area contributed by atoms with Crippen LogP contribution in [0.1, 0.15) is 23.2 Å². The highest BCUT2D eigenvalue weighted by molar-refractivity contribution is 6.15. The second-order valence-corrected chi connectivity index (χ2v) is 7.53. The monoisotopic (exact) mass is 400 g/mol. The lowest BCUT2D eigenvalue weighted by atomic mass is 9.70. The highest BCUT2D eigenvalue weighted by atomic mass is 16.2. The first-order chi connectivity index (χ1) is 14.5. The van der Waals surface area contributed by atoms with Gasteiger partial charge in [-0.05, 0) is 18.6 Å². The number of amides is 2. The van der Waals surface area contributed by atoms with Crippen LogP contribution >= 0.6 is 0 Å². The molecule has 6 rings (SSSR count). The van der Waals surface area contributed by atoms with Gasteiger partial charge in [-0.1, -0.05) is 18.2 Å². The number of anilines is 2. The van der Waals surface area contributed by atoms with E-state index in [0.29, 0.717) is 34.1 Å². The second kappa shape index (κ2) is 5.50. The number of rotatable bonds is 1. The average molecular weight is 400 g/mol. The highest BCUT2D eigenvalue weighted by Gasteiger charge is 2.57. The molecule has 0 radical (unpaired) electrons. The fourth-order valence-electron chi connectivity index (χ4n) is 4.78. The predicted octanol–water partition coefficient (Wildman–Crippen LogP) is 1.45. The summed E-state index contributed by atoms with van der Waals surface area (Å²) >= 11 is 0. The summed E-state index contributed by atoms with van der Waals surface area (Å²) in [5.41, 5.74) is 2.91. The number of fused-ring (bicyclic) bond motifs is 5. The molecule has 2 amide bonds. The van der Waals surface area contributed by atoms with Crippen molar-refractivity contribution in [2.75, 3.05) is 17.3 Å². The molecular formula is C20H16N8O2. The van der Waals surface area contributed by atoms with E-state index in [1.54, 1.807) is 16.6 Å². The standard InChI is InChI=1S/C20H16N8O2/c1-10-14-17(28(26-10)18-15-16(22-8-21-15)23-9-24-18)25-13(29)7-20(14)11-5-3-4-6-12(11)27(2)19(20)30/h3-6,8-9H,7H2,1-2H3,(H,25,29)(H,21,22,23,24). The number of benzene rings is 1. The lowest BCUT2D eigenvalue weighted by Crippen LogP contribution is -2.46. The van der Waals surface area contributed by atoms with Crippen LogP contribution in [0.5, 0.6) is 0 Å². The second-order valence-electron chi connectivity index (χ2n) is 7.53. The van der Waals surface area contributed by atoms with Crippen molar-refractivity contribution in [2.24, 2.45) is 0 Å². The van der Waals surface area contributed by atoms with E-state index in [9.17, 15) is 9.59 Å². The van der Waals surface area contributed by atoms with Crippen molar-refractivity contribution in [3.8, 4) is 5.82 Å². The summed E-state index contributed by atoms with van der Waals surface area (Å²) in [7, 11) is 1.74. The maximum absolute atomic E-state index is 13.6. The summed E-state index contributed by atoms with van der Waals surface area (Å²) in [6.45, 7) is 1.84. The minimum Gasteiger partial charge on any atom is -0.340 e. The molecule has 148 valence electrons. The number of carbonyl (C=O) groups is 2. The van der Waals surface area contributed by atoms with Crippen molar-refractivity contribution in [3.63, 3.8) is 0 Å². The summed E-state index contributed by atoms with van der Waals surface area (Å²) in [5.74, 6) is 0.497. The number of aryl methyl sites for hydroxylation is 1. The molecule has 0 saturated heterocycles. The molecule has 2 aliphatic heterocycles. The van der Waals surface area contributed by atoms with E-state index >= 15 is 0 Å². The molecule has 0 fully saturated rings. The molecule has 2 aliphatic rings. The van der Waals surface area contributed by atoms with Gasteiger partial charge in [0, 0.05) is 24.7 Å². The largest absolute Gasteiger partial charge is 0.340 e. The van der Waals surface area contributed by atoms with Crippen molar-refractivity contribution in [1.82, 2.24) is 29.7 Å². The maximum Gasteiger partial charge on any atom is 0.242 e. The molecule has 1 unspecified atom stereocenters. The molecule has 3 aromatic heterocycles. The van der Waals surface area contributed by atoms with Gasteiger partial charge >= 0.3 is 0 Å². The van der Waals surface area contributed by atoms with Crippen molar-refractivity contribution in [3.05, 3.63) is 53.7 Å². The summed E-state index contributed by atoms with van der Waals surface area (Å²) in [6.07, 6.45) is 2.94. The van der Waals surface area contributed by atoms with E-state index in [4.69, 9.17) is 0 Å². The van der Waals surface area contributed by atoms with E-state index in [1.807, 2.05) is 31.2 Å². The summed E-state index contributed by atoms with van der Waals surface area (Å²) in [5, 5.41) is 7.59. The molecule has 4 aromatic rings. The number of aromatic amines is 1. The average Bonchev–Trinajstić information content (AvgIpc) is 3.41. The van der Waals surface area contributed by atoms with Gasteiger partial charge in [0.25, 0.3) is 0 Å². The Kier molecular flexibility index (Phi) is 3.09. The van der Waals surface area contributed by atoms with Gasteiger partial charge in [0.05, 0.1) is 12.0 Å². The molecule has 0 aliphatic carbocycles. The van der Waals surface area contributed by atoms with E-state index < -0.39 is 5.41 Å². The van der Waals surface area contributed by atoms with Gasteiger partial charge < -0.3 is 15.2 Å². The van der Waals surface area contributed by atoms with E-state index in [1.165, 1.54) is 12.7 Å². The van der Waals surface area contributed by atoms with Gasteiger partial charge in [-0.25, -0.2) is 15.0 Å². The number of H-pyrrole nitrogens is 1. The van der Waals surface area contributed by atoms with Gasteiger partial charge in [0.1, 0.15) is 23.1 Å².